The van der Waals surface area contributed by atoms with Gasteiger partial charge in [-0.15, -0.1) is 0 Å². The lowest BCUT2D eigenvalue weighted by molar-refractivity contribution is 0.827. The number of benzene rings is 1. The molecule has 0 aliphatic carbocycles. The van der Waals surface area contributed by atoms with E-state index in [9.17, 15) is 0 Å². The largest absolute Gasteiger partial charge is 0.358 e. The summed E-state index contributed by atoms with van der Waals surface area (Å²) in [5, 5.41) is 1.26. The first-order valence-corrected chi connectivity index (χ1v) is 5.08. The van der Waals surface area contributed by atoms with Gasteiger partial charge in [0.1, 0.15) is 0 Å². The smallest absolute Gasteiger partial charge is 0.0459 e. The molecule has 74 valence electrons. The molecule has 1 heterocycles. The number of rotatable bonds is 2. The van der Waals surface area contributed by atoms with Gasteiger partial charge in [0.15, 0.2) is 0 Å². The topological polar surface area (TPSA) is 41.8 Å². The molecule has 2 nitrogen and oxygen atoms in total. The zero-order chi connectivity index (χ0) is 10.1. The van der Waals surface area contributed by atoms with Crippen LogP contribution < -0.4 is 5.73 Å². The highest BCUT2D eigenvalue weighted by Gasteiger charge is 2.06. The first-order chi connectivity index (χ1) is 6.72. The van der Waals surface area contributed by atoms with Crippen LogP contribution in [-0.2, 0) is 6.42 Å². The van der Waals surface area contributed by atoms with Crippen LogP contribution in [0.2, 0.25) is 0 Å². The SMILES string of the molecule is CCc1cc2c(C(C)N)cccc2[nH]1. The summed E-state index contributed by atoms with van der Waals surface area (Å²) in [5.74, 6) is 0. The Balaban J connectivity index is 2.66. The molecular formula is C12H16N2. The van der Waals surface area contributed by atoms with Crippen molar-refractivity contribution in [3.8, 4) is 0 Å². The Morgan fingerprint density at radius 2 is 2.21 bits per heavy atom. The van der Waals surface area contributed by atoms with E-state index in [0.29, 0.717) is 0 Å². The number of H-pyrrole nitrogens is 1. The van der Waals surface area contributed by atoms with Crippen LogP contribution in [0.25, 0.3) is 10.9 Å². The summed E-state index contributed by atoms with van der Waals surface area (Å²) in [6.07, 6.45) is 1.03. The standard InChI is InChI=1S/C12H16N2/c1-3-9-7-11-10(8(2)13)5-4-6-12(11)14-9/h4-8,14H,3,13H2,1-2H3. The molecule has 2 aromatic rings. The number of hydrogen-bond acceptors (Lipinski definition) is 1. The van der Waals surface area contributed by atoms with Crippen LogP contribution in [0.5, 0.6) is 0 Å². The molecule has 0 amide bonds. The van der Waals surface area contributed by atoms with Crippen molar-refractivity contribution in [2.24, 2.45) is 5.73 Å². The normalized spacial score (nSPS) is 13.4. The van der Waals surface area contributed by atoms with E-state index in [2.05, 4.69) is 36.2 Å². The van der Waals surface area contributed by atoms with E-state index < -0.39 is 0 Å². The Morgan fingerprint density at radius 1 is 1.43 bits per heavy atom. The van der Waals surface area contributed by atoms with Crippen molar-refractivity contribution in [2.75, 3.05) is 0 Å². The number of hydrogen-bond donors (Lipinski definition) is 2. The molecule has 1 atom stereocenters. The van der Waals surface area contributed by atoms with Crippen LogP contribution in [0.15, 0.2) is 24.3 Å². The number of nitrogens with two attached hydrogens (primary N) is 1. The van der Waals surface area contributed by atoms with Crippen LogP contribution in [-0.4, -0.2) is 4.98 Å². The Labute approximate surface area is 84.1 Å². The van der Waals surface area contributed by atoms with Crippen molar-refractivity contribution in [3.63, 3.8) is 0 Å². The van der Waals surface area contributed by atoms with E-state index >= 15 is 0 Å². The lowest BCUT2D eigenvalue weighted by atomic mass is 10.0. The predicted molar refractivity (Wildman–Crippen MR) is 60.3 cm³/mol. The highest BCUT2D eigenvalue weighted by molar-refractivity contribution is 5.84. The first kappa shape index (κ1) is 9.28. The summed E-state index contributed by atoms with van der Waals surface area (Å²) < 4.78 is 0. The Kier molecular flexibility index (Phi) is 2.30. The van der Waals surface area contributed by atoms with Gasteiger partial charge in [-0.2, -0.15) is 0 Å². The van der Waals surface area contributed by atoms with Gasteiger partial charge in [0, 0.05) is 22.6 Å². The lowest BCUT2D eigenvalue weighted by Gasteiger charge is -2.06. The monoisotopic (exact) mass is 188 g/mol. The Hall–Kier alpha value is -1.28. The fraction of sp³-hybridized carbons (Fsp3) is 0.333. The fourth-order valence-corrected chi connectivity index (χ4v) is 1.82. The van der Waals surface area contributed by atoms with Crippen molar-refractivity contribution in [3.05, 3.63) is 35.5 Å². The highest BCUT2D eigenvalue weighted by atomic mass is 14.7. The van der Waals surface area contributed by atoms with Gasteiger partial charge in [-0.25, -0.2) is 0 Å². The third kappa shape index (κ3) is 1.42. The molecule has 0 saturated carbocycles. The van der Waals surface area contributed by atoms with Gasteiger partial charge in [0.25, 0.3) is 0 Å². The molecule has 0 spiro atoms. The molecule has 0 saturated heterocycles. The second-order valence-electron chi connectivity index (χ2n) is 3.75. The maximum absolute atomic E-state index is 5.92. The van der Waals surface area contributed by atoms with E-state index in [4.69, 9.17) is 5.73 Å². The molecule has 0 bridgehead atoms. The van der Waals surface area contributed by atoms with Crippen LogP contribution in [0.3, 0.4) is 0 Å². The van der Waals surface area contributed by atoms with Crippen molar-refractivity contribution < 1.29 is 0 Å². The van der Waals surface area contributed by atoms with Crippen molar-refractivity contribution in [1.82, 2.24) is 4.98 Å². The molecule has 1 unspecified atom stereocenters. The highest BCUT2D eigenvalue weighted by Crippen LogP contribution is 2.23. The van der Waals surface area contributed by atoms with Crippen molar-refractivity contribution >= 4 is 10.9 Å². The quantitative estimate of drug-likeness (QED) is 0.747. The summed E-state index contributed by atoms with van der Waals surface area (Å²) >= 11 is 0. The number of aromatic nitrogens is 1. The van der Waals surface area contributed by atoms with Crippen LogP contribution in [0.4, 0.5) is 0 Å². The number of nitrogens with one attached hydrogen (secondary N) is 1. The third-order valence-electron chi connectivity index (χ3n) is 2.63. The van der Waals surface area contributed by atoms with Crippen LogP contribution >= 0.6 is 0 Å². The maximum atomic E-state index is 5.92. The first-order valence-electron chi connectivity index (χ1n) is 5.08. The zero-order valence-electron chi connectivity index (χ0n) is 8.67. The maximum Gasteiger partial charge on any atom is 0.0459 e. The van der Waals surface area contributed by atoms with E-state index in [1.807, 2.05) is 6.92 Å². The van der Waals surface area contributed by atoms with E-state index in [1.165, 1.54) is 22.2 Å². The van der Waals surface area contributed by atoms with E-state index in [1.54, 1.807) is 0 Å². The average Bonchev–Trinajstić information content (AvgIpc) is 2.59. The number of fused-ring (bicyclic) bond motifs is 1. The summed E-state index contributed by atoms with van der Waals surface area (Å²) in [4.78, 5) is 3.38. The lowest BCUT2D eigenvalue weighted by Crippen LogP contribution is -2.04. The van der Waals surface area contributed by atoms with Crippen molar-refractivity contribution in [1.29, 1.82) is 0 Å². The molecule has 2 heteroatoms. The minimum atomic E-state index is 0.0965. The molecule has 14 heavy (non-hydrogen) atoms. The van der Waals surface area contributed by atoms with Crippen molar-refractivity contribution in [2.45, 2.75) is 26.3 Å². The minimum Gasteiger partial charge on any atom is -0.358 e. The van der Waals surface area contributed by atoms with Gasteiger partial charge in [-0.1, -0.05) is 19.1 Å². The second-order valence-corrected chi connectivity index (χ2v) is 3.75. The Bertz CT molecular complexity index is 441. The van der Waals surface area contributed by atoms with Gasteiger partial charge in [-0.05, 0) is 31.0 Å². The van der Waals surface area contributed by atoms with Gasteiger partial charge < -0.3 is 10.7 Å². The molecule has 0 fully saturated rings. The van der Waals surface area contributed by atoms with E-state index in [-0.39, 0.29) is 6.04 Å². The minimum absolute atomic E-state index is 0.0965. The van der Waals surface area contributed by atoms with Crippen LogP contribution in [0.1, 0.15) is 31.1 Å². The third-order valence-corrected chi connectivity index (χ3v) is 2.63. The number of aromatic amines is 1. The molecule has 0 radical (unpaired) electrons. The van der Waals surface area contributed by atoms with Gasteiger partial charge >= 0.3 is 0 Å². The predicted octanol–water partition coefficient (Wildman–Crippen LogP) is 2.75. The summed E-state index contributed by atoms with van der Waals surface area (Å²) in [6, 6.07) is 8.55. The summed E-state index contributed by atoms with van der Waals surface area (Å²) in [7, 11) is 0. The molecule has 1 aromatic carbocycles. The van der Waals surface area contributed by atoms with Gasteiger partial charge in [0.05, 0.1) is 0 Å². The van der Waals surface area contributed by atoms with E-state index in [0.717, 1.165) is 6.42 Å². The summed E-state index contributed by atoms with van der Waals surface area (Å²) in [5.41, 5.74) is 9.60. The molecular weight excluding hydrogens is 172 g/mol. The molecule has 0 aliphatic rings. The zero-order valence-corrected chi connectivity index (χ0v) is 8.67. The fourth-order valence-electron chi connectivity index (χ4n) is 1.82. The van der Waals surface area contributed by atoms with Gasteiger partial charge in [-0.3, -0.25) is 0 Å². The molecule has 2 rings (SSSR count). The molecule has 3 N–H and O–H groups in total. The molecule has 1 aromatic heterocycles. The number of aryl methyl sites for hydroxylation is 1. The second kappa shape index (κ2) is 3.46. The van der Waals surface area contributed by atoms with Gasteiger partial charge in [0.2, 0.25) is 0 Å². The average molecular weight is 188 g/mol. The van der Waals surface area contributed by atoms with Crippen LogP contribution in [0, 0.1) is 0 Å². The summed E-state index contributed by atoms with van der Waals surface area (Å²) in [6.45, 7) is 4.17. The molecule has 0 aliphatic heterocycles. The Morgan fingerprint density at radius 3 is 2.86 bits per heavy atom.